The van der Waals surface area contributed by atoms with E-state index in [4.69, 9.17) is 5.73 Å². The molecule has 0 aliphatic heterocycles. The second-order valence-electron chi connectivity index (χ2n) is 7.33. The molecule has 0 bridgehead atoms. The molecule has 0 aliphatic carbocycles. The number of aromatic nitrogens is 1. The van der Waals surface area contributed by atoms with Gasteiger partial charge in [-0.15, -0.1) is 0 Å². The van der Waals surface area contributed by atoms with Crippen LogP contribution in [0, 0.1) is 20.8 Å². The number of aryl methyl sites for hydroxylation is 3. The Balaban J connectivity index is 2.10. The molecule has 0 amide bonds. The maximum Gasteiger partial charge on any atom is 0.215 e. The average Bonchev–Trinajstić information content (AvgIpc) is 2.67. The minimum absolute atomic E-state index is 0.0930. The van der Waals surface area contributed by atoms with Crippen molar-refractivity contribution in [2.45, 2.75) is 26.8 Å². The van der Waals surface area contributed by atoms with Gasteiger partial charge in [0.25, 0.3) is 0 Å². The van der Waals surface area contributed by atoms with Crippen LogP contribution in [0.5, 0.6) is 0 Å². The van der Waals surface area contributed by atoms with E-state index in [2.05, 4.69) is 104 Å². The van der Waals surface area contributed by atoms with E-state index in [1.54, 1.807) is 0 Å². The third kappa shape index (κ3) is 3.08. The van der Waals surface area contributed by atoms with Gasteiger partial charge in [-0.25, -0.2) is 0 Å². The minimum Gasteiger partial charge on any atom is -0.398 e. The van der Waals surface area contributed by atoms with Gasteiger partial charge in [0.05, 0.1) is 11.1 Å². The molecule has 4 aromatic rings. The summed E-state index contributed by atoms with van der Waals surface area (Å²) in [5, 5.41) is 1.15. The van der Waals surface area contributed by atoms with Gasteiger partial charge >= 0.3 is 0 Å². The molecule has 0 spiro atoms. The first-order valence-electron chi connectivity index (χ1n) is 9.37. The van der Waals surface area contributed by atoms with Crippen molar-refractivity contribution < 1.29 is 4.57 Å². The summed E-state index contributed by atoms with van der Waals surface area (Å²) in [6, 6.07) is 25.9. The Labute approximate surface area is 160 Å². The first kappa shape index (κ1) is 17.3. The molecule has 0 unspecified atom stereocenters. The van der Waals surface area contributed by atoms with E-state index >= 15 is 0 Å². The van der Waals surface area contributed by atoms with Crippen molar-refractivity contribution in [3.63, 3.8) is 0 Å². The zero-order chi connectivity index (χ0) is 19.0. The number of hydrogen-bond donors (Lipinski definition) is 1. The van der Waals surface area contributed by atoms with Crippen LogP contribution in [-0.4, -0.2) is 0 Å². The maximum atomic E-state index is 6.50. The number of rotatable bonds is 3. The highest BCUT2D eigenvalue weighted by molar-refractivity contribution is 5.92. The first-order chi connectivity index (χ1) is 13.1. The molecule has 0 radical (unpaired) electrons. The van der Waals surface area contributed by atoms with Crippen LogP contribution in [0.1, 0.15) is 33.9 Å². The fourth-order valence-electron chi connectivity index (χ4n) is 4.04. The van der Waals surface area contributed by atoms with Gasteiger partial charge in [0.15, 0.2) is 6.20 Å². The van der Waals surface area contributed by atoms with Crippen LogP contribution in [-0.2, 0) is 0 Å². The largest absolute Gasteiger partial charge is 0.398 e. The summed E-state index contributed by atoms with van der Waals surface area (Å²) in [6.45, 7) is 6.39. The van der Waals surface area contributed by atoms with Gasteiger partial charge in [0, 0.05) is 22.8 Å². The van der Waals surface area contributed by atoms with Crippen molar-refractivity contribution in [3.8, 4) is 0 Å². The summed E-state index contributed by atoms with van der Waals surface area (Å²) in [5.74, 6) is 0. The highest BCUT2D eigenvalue weighted by Crippen LogP contribution is 2.30. The molecule has 0 saturated carbocycles. The molecule has 0 fully saturated rings. The zero-order valence-electron chi connectivity index (χ0n) is 16.1. The lowest BCUT2D eigenvalue weighted by atomic mass is 9.95. The third-order valence-electron chi connectivity index (χ3n) is 5.27. The molecule has 4 rings (SSSR count). The van der Waals surface area contributed by atoms with Gasteiger partial charge < -0.3 is 5.73 Å². The number of hydrogen-bond acceptors (Lipinski definition) is 1. The van der Waals surface area contributed by atoms with E-state index in [0.29, 0.717) is 0 Å². The predicted molar refractivity (Wildman–Crippen MR) is 113 cm³/mol. The van der Waals surface area contributed by atoms with E-state index in [9.17, 15) is 0 Å². The van der Waals surface area contributed by atoms with Crippen LogP contribution in [0.25, 0.3) is 10.9 Å². The molecule has 2 heteroatoms. The topological polar surface area (TPSA) is 29.9 Å². The number of benzene rings is 3. The summed E-state index contributed by atoms with van der Waals surface area (Å²) >= 11 is 0. The number of nitrogen functional groups attached to an aromatic ring is 1. The highest BCUT2D eigenvalue weighted by atomic mass is 15.0. The van der Waals surface area contributed by atoms with E-state index in [1.807, 2.05) is 0 Å². The van der Waals surface area contributed by atoms with Crippen molar-refractivity contribution in [2.24, 2.45) is 0 Å². The fraction of sp³-hybridized carbons (Fsp3) is 0.160. The number of pyridine rings is 1. The molecule has 0 saturated heterocycles. The molecule has 134 valence electrons. The standard InChI is InChI=1S/C25H24N2/c1-17-14-18(2)23-22(15-17)27(16-19(3)24(23)26)25(20-10-6-4-7-11-20)21-12-8-5-9-13-21/h4-16,25-26H,1-3H3/p+1. The third-order valence-corrected chi connectivity index (χ3v) is 5.27. The van der Waals surface area contributed by atoms with Crippen molar-refractivity contribution >= 4 is 16.6 Å². The zero-order valence-corrected chi connectivity index (χ0v) is 16.1. The fourth-order valence-corrected chi connectivity index (χ4v) is 4.04. The predicted octanol–water partition coefficient (Wildman–Crippen LogP) is 5.27. The monoisotopic (exact) mass is 353 g/mol. The van der Waals surface area contributed by atoms with Crippen LogP contribution in [0.15, 0.2) is 79.0 Å². The molecule has 1 aromatic heterocycles. The summed E-state index contributed by atoms with van der Waals surface area (Å²) in [7, 11) is 0. The van der Waals surface area contributed by atoms with Gasteiger partial charge in [-0.05, 0) is 31.9 Å². The summed E-state index contributed by atoms with van der Waals surface area (Å²) in [6.07, 6.45) is 2.20. The van der Waals surface area contributed by atoms with E-state index in [1.165, 1.54) is 27.8 Å². The molecule has 2 N–H and O–H groups in total. The lowest BCUT2D eigenvalue weighted by Gasteiger charge is -2.18. The maximum absolute atomic E-state index is 6.50. The molecule has 3 aromatic carbocycles. The summed E-state index contributed by atoms with van der Waals surface area (Å²) in [5.41, 5.74) is 14.6. The molecular weight excluding hydrogens is 328 g/mol. The average molecular weight is 353 g/mol. The highest BCUT2D eigenvalue weighted by Gasteiger charge is 2.28. The number of nitrogens with zero attached hydrogens (tertiary/aromatic N) is 1. The van der Waals surface area contributed by atoms with Crippen molar-refractivity contribution in [1.82, 2.24) is 0 Å². The van der Waals surface area contributed by atoms with E-state index in [0.717, 1.165) is 16.6 Å². The lowest BCUT2D eigenvalue weighted by Crippen LogP contribution is -2.42. The van der Waals surface area contributed by atoms with Crippen LogP contribution >= 0.6 is 0 Å². The Kier molecular flexibility index (Phi) is 4.41. The lowest BCUT2D eigenvalue weighted by molar-refractivity contribution is -0.679. The van der Waals surface area contributed by atoms with Crippen LogP contribution in [0.3, 0.4) is 0 Å². The van der Waals surface area contributed by atoms with Crippen LogP contribution in [0.2, 0.25) is 0 Å². The Hall–Kier alpha value is -3.13. The number of fused-ring (bicyclic) bond motifs is 1. The Morgan fingerprint density at radius 1 is 0.741 bits per heavy atom. The van der Waals surface area contributed by atoms with Crippen molar-refractivity contribution in [1.29, 1.82) is 0 Å². The second kappa shape index (κ2) is 6.88. The van der Waals surface area contributed by atoms with Gasteiger partial charge in [-0.1, -0.05) is 66.7 Å². The quantitative estimate of drug-likeness (QED) is 0.499. The number of anilines is 1. The van der Waals surface area contributed by atoms with Gasteiger partial charge in [0.2, 0.25) is 11.6 Å². The molecule has 0 aliphatic rings. The Morgan fingerprint density at radius 2 is 1.30 bits per heavy atom. The normalized spacial score (nSPS) is 11.3. The van der Waals surface area contributed by atoms with Crippen molar-refractivity contribution in [2.75, 3.05) is 5.73 Å². The van der Waals surface area contributed by atoms with E-state index in [-0.39, 0.29) is 6.04 Å². The SMILES string of the molecule is Cc1cc(C)c2c(N)c(C)c[n+](C(c3ccccc3)c3ccccc3)c2c1. The van der Waals surface area contributed by atoms with Gasteiger partial charge in [-0.2, -0.15) is 4.57 Å². The Morgan fingerprint density at radius 3 is 1.85 bits per heavy atom. The molecule has 2 nitrogen and oxygen atoms in total. The first-order valence-corrected chi connectivity index (χ1v) is 9.37. The Bertz CT molecular complexity index is 1060. The molecular formula is C25H25N2+. The minimum atomic E-state index is 0.0930. The van der Waals surface area contributed by atoms with Crippen LogP contribution in [0.4, 0.5) is 5.69 Å². The summed E-state index contributed by atoms with van der Waals surface area (Å²) in [4.78, 5) is 0. The van der Waals surface area contributed by atoms with Crippen molar-refractivity contribution in [3.05, 3.63) is 107 Å². The van der Waals surface area contributed by atoms with Gasteiger partial charge in [-0.3, -0.25) is 0 Å². The molecule has 1 heterocycles. The van der Waals surface area contributed by atoms with E-state index < -0.39 is 0 Å². The molecule has 0 atom stereocenters. The summed E-state index contributed by atoms with van der Waals surface area (Å²) < 4.78 is 2.38. The second-order valence-corrected chi connectivity index (χ2v) is 7.33. The van der Waals surface area contributed by atoms with Crippen LogP contribution < -0.4 is 10.3 Å². The smallest absolute Gasteiger partial charge is 0.215 e. The molecule has 27 heavy (non-hydrogen) atoms. The van der Waals surface area contributed by atoms with Gasteiger partial charge in [0.1, 0.15) is 0 Å². The number of nitrogens with two attached hydrogens (primary N) is 1.